The minimum Gasteiger partial charge on any atom is -0.326 e. The van der Waals surface area contributed by atoms with Crippen molar-refractivity contribution >= 4 is 39.2 Å². The van der Waals surface area contributed by atoms with Crippen LogP contribution in [-0.4, -0.2) is 51.0 Å². The van der Waals surface area contributed by atoms with Crippen LogP contribution >= 0.6 is 23.1 Å². The zero-order valence-electron chi connectivity index (χ0n) is 17.5. The average Bonchev–Trinajstić information content (AvgIpc) is 3.16. The minimum atomic E-state index is -2.75. The maximum atomic E-state index is 13.0. The number of thiazole rings is 1. The van der Waals surface area contributed by atoms with Crippen molar-refractivity contribution in [2.75, 3.05) is 19.3 Å². The van der Waals surface area contributed by atoms with Gasteiger partial charge >= 0.3 is 0 Å². The van der Waals surface area contributed by atoms with Crippen LogP contribution in [0.15, 0.2) is 35.5 Å². The quantitative estimate of drug-likeness (QED) is 0.436. The second kappa shape index (κ2) is 9.16. The molecule has 1 aliphatic rings. The number of fused-ring (bicyclic) bond motifs is 1. The molecule has 4 rings (SSSR count). The van der Waals surface area contributed by atoms with Crippen LogP contribution in [-0.2, 0) is 12.8 Å². The summed E-state index contributed by atoms with van der Waals surface area (Å²) >= 11 is 3.20. The van der Waals surface area contributed by atoms with Gasteiger partial charge in [0, 0.05) is 29.3 Å². The number of rotatable bonds is 8. The lowest BCUT2D eigenvalue weighted by Gasteiger charge is -2.38. The Morgan fingerprint density at radius 1 is 1.23 bits per heavy atom. The number of carbonyl (C=O) groups excluding carboxylic acids is 1. The predicted molar refractivity (Wildman–Crippen MR) is 120 cm³/mol. The Morgan fingerprint density at radius 2 is 1.94 bits per heavy atom. The summed E-state index contributed by atoms with van der Waals surface area (Å²) in [6.07, 6.45) is 9.50. The van der Waals surface area contributed by atoms with E-state index in [1.165, 1.54) is 4.90 Å². The molecule has 0 bridgehead atoms. The fourth-order valence-electron chi connectivity index (χ4n) is 3.52. The second-order valence-electron chi connectivity index (χ2n) is 8.03. The molecule has 9 heteroatoms. The normalized spacial score (nSPS) is 16.3. The molecule has 2 aromatic heterocycles. The molecular weight excluding hydrogens is 438 g/mol. The van der Waals surface area contributed by atoms with Gasteiger partial charge in [-0.3, -0.25) is 4.79 Å². The Hall–Kier alpha value is -2.13. The molecule has 1 aromatic carbocycles. The van der Waals surface area contributed by atoms with Crippen molar-refractivity contribution in [2.45, 2.75) is 43.4 Å². The number of likely N-dealkylation sites (tertiary alicyclic amines) is 1. The molecule has 1 saturated heterocycles. The summed E-state index contributed by atoms with van der Waals surface area (Å²) in [5.41, 5.74) is 1.29. The highest BCUT2D eigenvalue weighted by molar-refractivity contribution is 7.98. The van der Waals surface area contributed by atoms with Gasteiger partial charge in [-0.2, -0.15) is 0 Å². The van der Waals surface area contributed by atoms with Gasteiger partial charge in [0.05, 0.1) is 28.3 Å². The van der Waals surface area contributed by atoms with E-state index in [1.54, 1.807) is 41.3 Å². The summed E-state index contributed by atoms with van der Waals surface area (Å²) in [5, 5.41) is 1.03. The number of nitrogens with zero attached hydrogens (tertiary/aromatic N) is 4. The molecule has 164 valence electrons. The molecule has 0 radical (unpaired) electrons. The number of thioether (sulfide) groups is 1. The largest absolute Gasteiger partial charge is 0.326 e. The number of halogens is 2. The molecule has 5 nitrogen and oxygen atoms in total. The smallest absolute Gasteiger partial charge is 0.282 e. The van der Waals surface area contributed by atoms with E-state index in [2.05, 4.69) is 21.9 Å². The van der Waals surface area contributed by atoms with Crippen molar-refractivity contribution in [1.29, 1.82) is 0 Å². The van der Waals surface area contributed by atoms with E-state index in [0.29, 0.717) is 11.5 Å². The van der Waals surface area contributed by atoms with Gasteiger partial charge in [0.25, 0.3) is 11.8 Å². The van der Waals surface area contributed by atoms with E-state index in [-0.39, 0.29) is 5.91 Å². The van der Waals surface area contributed by atoms with Crippen molar-refractivity contribution in [3.05, 3.63) is 47.0 Å². The molecule has 0 saturated carbocycles. The number of aryl methyl sites for hydroxylation is 2. The van der Waals surface area contributed by atoms with Crippen molar-refractivity contribution in [1.82, 2.24) is 19.9 Å². The van der Waals surface area contributed by atoms with Gasteiger partial charge in [-0.1, -0.05) is 6.92 Å². The highest BCUT2D eigenvalue weighted by Crippen LogP contribution is 2.30. The van der Waals surface area contributed by atoms with E-state index in [0.717, 1.165) is 51.6 Å². The number of alkyl halides is 2. The summed E-state index contributed by atoms with van der Waals surface area (Å²) in [7, 11) is 0. The Kier molecular flexibility index (Phi) is 6.52. The van der Waals surface area contributed by atoms with Crippen LogP contribution in [0.4, 0.5) is 8.78 Å². The highest BCUT2D eigenvalue weighted by Gasteiger charge is 2.46. The van der Waals surface area contributed by atoms with Gasteiger partial charge < -0.3 is 4.90 Å². The van der Waals surface area contributed by atoms with Crippen LogP contribution in [0.1, 0.15) is 41.0 Å². The molecule has 0 unspecified atom stereocenters. The zero-order valence-corrected chi connectivity index (χ0v) is 19.1. The molecule has 31 heavy (non-hydrogen) atoms. The zero-order chi connectivity index (χ0) is 22.0. The van der Waals surface area contributed by atoms with Gasteiger partial charge in [0.1, 0.15) is 5.82 Å². The number of hydrogen-bond donors (Lipinski definition) is 0. The van der Waals surface area contributed by atoms with E-state index in [9.17, 15) is 13.6 Å². The molecule has 0 N–H and O–H groups in total. The Morgan fingerprint density at radius 3 is 2.61 bits per heavy atom. The van der Waals surface area contributed by atoms with Crippen molar-refractivity contribution in [3.8, 4) is 0 Å². The average molecular weight is 463 g/mol. The van der Waals surface area contributed by atoms with Gasteiger partial charge in [0.2, 0.25) is 0 Å². The lowest BCUT2D eigenvalue weighted by atomic mass is 10.00. The molecule has 1 amide bonds. The molecule has 1 aliphatic heterocycles. The van der Waals surface area contributed by atoms with E-state index < -0.39 is 19.0 Å². The van der Waals surface area contributed by atoms with Crippen LogP contribution in [0.2, 0.25) is 0 Å². The topological polar surface area (TPSA) is 59.0 Å². The molecule has 0 aliphatic carbocycles. The third-order valence-electron chi connectivity index (χ3n) is 5.44. The predicted octanol–water partition coefficient (Wildman–Crippen LogP) is 5.10. The number of benzene rings is 1. The number of hydrogen-bond acceptors (Lipinski definition) is 6. The Bertz CT molecular complexity index is 1060. The monoisotopic (exact) mass is 462 g/mol. The first-order chi connectivity index (χ1) is 14.8. The van der Waals surface area contributed by atoms with Crippen molar-refractivity contribution in [3.63, 3.8) is 0 Å². The van der Waals surface area contributed by atoms with Gasteiger partial charge in [-0.25, -0.2) is 23.7 Å². The van der Waals surface area contributed by atoms with Crippen molar-refractivity contribution < 1.29 is 13.6 Å². The summed E-state index contributed by atoms with van der Waals surface area (Å²) in [6, 6.07) is 5.25. The summed E-state index contributed by atoms with van der Waals surface area (Å²) in [5.74, 6) is -1.70. The first kappa shape index (κ1) is 22.1. The summed E-state index contributed by atoms with van der Waals surface area (Å²) in [6.45, 7) is 1.23. The van der Waals surface area contributed by atoms with Crippen LogP contribution in [0, 0.1) is 5.92 Å². The number of aromatic nitrogens is 3. The fourth-order valence-corrected chi connectivity index (χ4v) is 4.86. The first-order valence-electron chi connectivity index (χ1n) is 10.2. The summed E-state index contributed by atoms with van der Waals surface area (Å²) in [4.78, 5) is 28.1. The molecular formula is C22H24F2N4OS2. The maximum Gasteiger partial charge on any atom is 0.282 e. The van der Waals surface area contributed by atoms with E-state index >= 15 is 0 Å². The van der Waals surface area contributed by atoms with E-state index in [1.807, 2.05) is 18.6 Å². The van der Waals surface area contributed by atoms with Gasteiger partial charge in [-0.15, -0.1) is 23.1 Å². The molecule has 1 fully saturated rings. The maximum absolute atomic E-state index is 13.0. The molecule has 3 aromatic rings. The fraction of sp³-hybridized carbons (Fsp3) is 0.455. The third-order valence-corrected chi connectivity index (χ3v) is 7.20. The molecule has 0 spiro atoms. The Labute approximate surface area is 188 Å². The van der Waals surface area contributed by atoms with Crippen LogP contribution < -0.4 is 0 Å². The Balaban J connectivity index is 1.30. The lowest BCUT2D eigenvalue weighted by Crippen LogP contribution is -2.58. The second-order valence-corrected chi connectivity index (χ2v) is 10.0. The van der Waals surface area contributed by atoms with Crippen LogP contribution in [0.5, 0.6) is 0 Å². The van der Waals surface area contributed by atoms with Gasteiger partial charge in [0.15, 0.2) is 0 Å². The van der Waals surface area contributed by atoms with Crippen LogP contribution in [0.3, 0.4) is 0 Å². The minimum absolute atomic E-state index is 0.343. The first-order valence-corrected chi connectivity index (χ1v) is 12.3. The molecule has 3 heterocycles. The standard InChI is InChI=1S/C22H24F2N4OS2/c1-14(3-7-19-25-10-16(30-2)11-26-19)4-8-20-27-17-6-5-15(9-18(17)31-20)21(29)28-12-22(23,24)13-28/h5-6,9-11,14H,3-4,7-8,12-13H2,1-2H3/t14-/m0/s1. The van der Waals surface area contributed by atoms with E-state index in [4.69, 9.17) is 0 Å². The van der Waals surface area contributed by atoms with Crippen molar-refractivity contribution in [2.24, 2.45) is 5.92 Å². The summed E-state index contributed by atoms with van der Waals surface area (Å²) < 4.78 is 27.0. The van der Waals surface area contributed by atoms with Crippen LogP contribution in [0.25, 0.3) is 10.2 Å². The SMILES string of the molecule is CSc1cnc(CC[C@H](C)CCc2nc3ccc(C(=O)N4CC(F)(F)C4)cc3s2)nc1. The number of carbonyl (C=O) groups is 1. The van der Waals surface area contributed by atoms with Gasteiger partial charge in [-0.05, 0) is 49.6 Å². The molecule has 1 atom stereocenters. The lowest BCUT2D eigenvalue weighted by molar-refractivity contribution is -0.113. The third kappa shape index (κ3) is 5.38. The highest BCUT2D eigenvalue weighted by atomic mass is 32.2. The number of amides is 1.